The van der Waals surface area contributed by atoms with Crippen LogP contribution >= 0.6 is 11.6 Å². The van der Waals surface area contributed by atoms with Gasteiger partial charge in [0.2, 0.25) is 0 Å². The minimum atomic E-state index is -0.315. The van der Waals surface area contributed by atoms with E-state index in [0.29, 0.717) is 40.0 Å². The fraction of sp³-hybridized carbons (Fsp3) is 0.308. The molecule has 0 unspecified atom stereocenters. The Morgan fingerprint density at radius 1 is 1.50 bits per heavy atom. The van der Waals surface area contributed by atoms with Crippen LogP contribution in [0, 0.1) is 6.92 Å². The number of hydrogen-bond acceptors (Lipinski definition) is 4. The zero-order valence-electron chi connectivity index (χ0n) is 11.6. The predicted octanol–water partition coefficient (Wildman–Crippen LogP) is 2.17. The quantitative estimate of drug-likeness (QED) is 0.849. The van der Waals surface area contributed by atoms with Crippen LogP contribution in [0.1, 0.15) is 28.8 Å². The summed E-state index contributed by atoms with van der Waals surface area (Å²) in [6.07, 6.45) is 0.675. The molecule has 3 N–H and O–H groups in total. The van der Waals surface area contributed by atoms with Gasteiger partial charge in [-0.2, -0.15) is 5.10 Å². The van der Waals surface area contributed by atoms with Crippen molar-refractivity contribution in [3.63, 3.8) is 0 Å². The second-order valence-electron chi connectivity index (χ2n) is 4.41. The van der Waals surface area contributed by atoms with Crippen LogP contribution in [0.3, 0.4) is 0 Å². The second kappa shape index (κ2) is 5.50. The van der Waals surface area contributed by atoms with E-state index in [9.17, 15) is 4.79 Å². The van der Waals surface area contributed by atoms with Crippen LogP contribution in [0.5, 0.6) is 0 Å². The number of aromatic nitrogens is 3. The van der Waals surface area contributed by atoms with Gasteiger partial charge in [-0.1, -0.05) is 18.5 Å². The third-order valence-electron chi connectivity index (χ3n) is 3.01. The van der Waals surface area contributed by atoms with Crippen LogP contribution in [0.25, 0.3) is 0 Å². The molecule has 1 amide bonds. The zero-order chi connectivity index (χ0) is 14.9. The summed E-state index contributed by atoms with van der Waals surface area (Å²) in [5, 5.41) is 7.38. The molecule has 2 aromatic rings. The number of rotatable bonds is 3. The Labute approximate surface area is 121 Å². The Morgan fingerprint density at radius 3 is 2.75 bits per heavy atom. The van der Waals surface area contributed by atoms with Crippen LogP contribution < -0.4 is 11.1 Å². The molecular formula is C13H16ClN5O. The van der Waals surface area contributed by atoms with E-state index >= 15 is 0 Å². The van der Waals surface area contributed by atoms with Gasteiger partial charge in [0, 0.05) is 7.05 Å². The van der Waals surface area contributed by atoms with E-state index in [-0.39, 0.29) is 5.91 Å². The summed E-state index contributed by atoms with van der Waals surface area (Å²) >= 11 is 5.79. The summed E-state index contributed by atoms with van der Waals surface area (Å²) in [5.74, 6) is -0.315. The SMILES string of the molecule is CCc1nn(C)c(C(=O)Nc2ccc(Cl)nc2C)c1N. The molecule has 0 atom stereocenters. The maximum absolute atomic E-state index is 12.3. The van der Waals surface area contributed by atoms with E-state index in [2.05, 4.69) is 15.4 Å². The van der Waals surface area contributed by atoms with Gasteiger partial charge in [-0.25, -0.2) is 4.98 Å². The summed E-state index contributed by atoms with van der Waals surface area (Å²) in [7, 11) is 1.69. The zero-order valence-corrected chi connectivity index (χ0v) is 12.3. The summed E-state index contributed by atoms with van der Waals surface area (Å²) in [6.45, 7) is 3.71. The highest BCUT2D eigenvalue weighted by Crippen LogP contribution is 2.20. The molecule has 0 bridgehead atoms. The largest absolute Gasteiger partial charge is 0.395 e. The van der Waals surface area contributed by atoms with Crippen LogP contribution in [-0.4, -0.2) is 20.7 Å². The van der Waals surface area contributed by atoms with Crippen LogP contribution in [-0.2, 0) is 13.5 Å². The van der Waals surface area contributed by atoms with Gasteiger partial charge in [0.25, 0.3) is 5.91 Å². The van der Waals surface area contributed by atoms with E-state index < -0.39 is 0 Å². The number of carbonyl (C=O) groups is 1. The molecule has 2 aromatic heterocycles. The van der Waals surface area contributed by atoms with Gasteiger partial charge >= 0.3 is 0 Å². The number of nitrogens with one attached hydrogen (secondary N) is 1. The van der Waals surface area contributed by atoms with E-state index in [1.807, 2.05) is 6.92 Å². The van der Waals surface area contributed by atoms with Crippen molar-refractivity contribution in [2.45, 2.75) is 20.3 Å². The van der Waals surface area contributed by atoms with Gasteiger partial charge in [0.1, 0.15) is 10.8 Å². The highest BCUT2D eigenvalue weighted by molar-refractivity contribution is 6.29. The standard InChI is InChI=1S/C13H16ClN5O/c1-4-8-11(15)12(19(3)18-8)13(20)17-9-5-6-10(14)16-7(9)2/h5-6H,4,15H2,1-3H3,(H,17,20). The number of anilines is 2. The molecule has 0 aliphatic heterocycles. The molecule has 0 aromatic carbocycles. The first-order chi connectivity index (χ1) is 9.43. The smallest absolute Gasteiger partial charge is 0.276 e. The molecule has 2 heterocycles. The lowest BCUT2D eigenvalue weighted by Crippen LogP contribution is -2.18. The minimum Gasteiger partial charge on any atom is -0.395 e. The Morgan fingerprint density at radius 2 is 2.20 bits per heavy atom. The fourth-order valence-corrected chi connectivity index (χ4v) is 2.16. The van der Waals surface area contributed by atoms with Gasteiger partial charge < -0.3 is 11.1 Å². The number of carbonyl (C=O) groups excluding carboxylic acids is 1. The number of nitrogens with two attached hydrogens (primary N) is 1. The van der Waals surface area contributed by atoms with Crippen LogP contribution in [0.4, 0.5) is 11.4 Å². The van der Waals surface area contributed by atoms with E-state index in [1.54, 1.807) is 26.1 Å². The molecule has 0 aliphatic rings. The fourth-order valence-electron chi connectivity index (χ4n) is 1.97. The number of pyridine rings is 1. The van der Waals surface area contributed by atoms with Gasteiger partial charge in [-0.05, 0) is 25.5 Å². The minimum absolute atomic E-state index is 0.315. The first-order valence-electron chi connectivity index (χ1n) is 6.19. The van der Waals surface area contributed by atoms with Crippen molar-refractivity contribution in [2.75, 3.05) is 11.1 Å². The van der Waals surface area contributed by atoms with Gasteiger partial charge in [-0.15, -0.1) is 0 Å². The van der Waals surface area contributed by atoms with Crippen LogP contribution in [0.2, 0.25) is 5.15 Å². The summed E-state index contributed by atoms with van der Waals surface area (Å²) in [4.78, 5) is 16.4. The van der Waals surface area contributed by atoms with Crippen molar-refractivity contribution in [3.8, 4) is 0 Å². The summed E-state index contributed by atoms with van der Waals surface area (Å²) < 4.78 is 1.49. The van der Waals surface area contributed by atoms with E-state index in [0.717, 1.165) is 0 Å². The lowest BCUT2D eigenvalue weighted by atomic mass is 10.2. The topological polar surface area (TPSA) is 85.8 Å². The summed E-state index contributed by atoms with van der Waals surface area (Å²) in [5.41, 5.74) is 8.65. The molecule has 0 saturated heterocycles. The molecule has 106 valence electrons. The molecule has 7 heteroatoms. The Kier molecular flexibility index (Phi) is 3.94. The van der Waals surface area contributed by atoms with Crippen molar-refractivity contribution in [2.24, 2.45) is 7.05 Å². The third-order valence-corrected chi connectivity index (χ3v) is 3.22. The normalized spacial score (nSPS) is 10.6. The number of aryl methyl sites for hydroxylation is 3. The third kappa shape index (κ3) is 2.60. The molecular weight excluding hydrogens is 278 g/mol. The number of halogens is 1. The van der Waals surface area contributed by atoms with E-state index in [1.165, 1.54) is 4.68 Å². The second-order valence-corrected chi connectivity index (χ2v) is 4.79. The highest BCUT2D eigenvalue weighted by atomic mass is 35.5. The average Bonchev–Trinajstić information content (AvgIpc) is 2.67. The maximum atomic E-state index is 12.3. The van der Waals surface area contributed by atoms with Gasteiger partial charge in [-0.3, -0.25) is 9.48 Å². The van der Waals surface area contributed by atoms with Crippen molar-refractivity contribution in [1.82, 2.24) is 14.8 Å². The lowest BCUT2D eigenvalue weighted by Gasteiger charge is -2.08. The molecule has 2 rings (SSSR count). The number of nitrogen functional groups attached to an aromatic ring is 1. The van der Waals surface area contributed by atoms with Crippen molar-refractivity contribution in [3.05, 3.63) is 34.4 Å². The van der Waals surface area contributed by atoms with Crippen molar-refractivity contribution in [1.29, 1.82) is 0 Å². The molecule has 0 fully saturated rings. The molecule has 20 heavy (non-hydrogen) atoms. The summed E-state index contributed by atoms with van der Waals surface area (Å²) in [6, 6.07) is 3.32. The molecule has 6 nitrogen and oxygen atoms in total. The molecule has 0 aliphatic carbocycles. The van der Waals surface area contributed by atoms with Gasteiger partial charge in [0.05, 0.1) is 22.8 Å². The maximum Gasteiger partial charge on any atom is 0.276 e. The average molecular weight is 294 g/mol. The Bertz CT molecular complexity index is 665. The molecule has 0 radical (unpaired) electrons. The predicted molar refractivity (Wildman–Crippen MR) is 78.9 cm³/mol. The molecule has 0 saturated carbocycles. The van der Waals surface area contributed by atoms with Crippen LogP contribution in [0.15, 0.2) is 12.1 Å². The van der Waals surface area contributed by atoms with Gasteiger partial charge in [0.15, 0.2) is 0 Å². The van der Waals surface area contributed by atoms with Crippen molar-refractivity contribution < 1.29 is 4.79 Å². The number of nitrogens with zero attached hydrogens (tertiary/aromatic N) is 3. The first-order valence-corrected chi connectivity index (χ1v) is 6.57. The number of hydrogen-bond donors (Lipinski definition) is 2. The van der Waals surface area contributed by atoms with E-state index in [4.69, 9.17) is 17.3 Å². The lowest BCUT2D eigenvalue weighted by molar-refractivity contribution is 0.101. The first kappa shape index (κ1) is 14.3. The molecule has 0 spiro atoms. The Balaban J connectivity index is 2.31. The Hall–Kier alpha value is -2.08. The van der Waals surface area contributed by atoms with Crippen molar-refractivity contribution >= 4 is 28.9 Å². The highest BCUT2D eigenvalue weighted by Gasteiger charge is 2.19. The monoisotopic (exact) mass is 293 g/mol. The number of amides is 1.